The van der Waals surface area contributed by atoms with E-state index < -0.39 is 0 Å². The molecule has 4 aromatic rings. The van der Waals surface area contributed by atoms with Crippen LogP contribution in [0.25, 0.3) is 16.8 Å². The first-order chi connectivity index (χ1) is 20.4. The van der Waals surface area contributed by atoms with Gasteiger partial charge in [0.25, 0.3) is 5.91 Å². The van der Waals surface area contributed by atoms with Gasteiger partial charge in [0.2, 0.25) is 0 Å². The third kappa shape index (κ3) is 5.24. The monoisotopic (exact) mass is 566 g/mol. The number of nitrogens with zero attached hydrogens (tertiary/aromatic N) is 6. The van der Waals surface area contributed by atoms with Crippen LogP contribution < -0.4 is 0 Å². The number of hydrogen-bond acceptors (Lipinski definition) is 6. The van der Waals surface area contributed by atoms with Crippen LogP contribution in [0.4, 0.5) is 0 Å². The fraction of sp³-hybridized carbons (Fsp3) is 0.424. The maximum Gasteiger partial charge on any atom is 0.341 e. The highest BCUT2D eigenvalue weighted by Crippen LogP contribution is 2.55. The van der Waals surface area contributed by atoms with Crippen LogP contribution in [-0.2, 0) is 11.8 Å². The van der Waals surface area contributed by atoms with Gasteiger partial charge in [-0.1, -0.05) is 42.8 Å². The van der Waals surface area contributed by atoms with Gasteiger partial charge in [-0.05, 0) is 74.4 Å². The summed E-state index contributed by atoms with van der Waals surface area (Å²) in [7, 11) is 3.26. The molecule has 2 aliphatic rings. The maximum absolute atomic E-state index is 13.6. The van der Waals surface area contributed by atoms with E-state index in [1.807, 2.05) is 67.3 Å². The number of likely N-dealkylation sites (tertiary alicyclic amines) is 1. The largest absolute Gasteiger partial charge is 0.465 e. The Morgan fingerprint density at radius 3 is 2.57 bits per heavy atom. The second kappa shape index (κ2) is 11.5. The molecule has 2 unspecified atom stereocenters. The lowest BCUT2D eigenvalue weighted by atomic mass is 9.96. The van der Waals surface area contributed by atoms with Crippen LogP contribution in [0.5, 0.6) is 0 Å². The number of carbonyl (C=O) groups excluding carboxylic acids is 2. The Kier molecular flexibility index (Phi) is 7.66. The summed E-state index contributed by atoms with van der Waals surface area (Å²) in [6.07, 6.45) is 8.24. The van der Waals surface area contributed by atoms with Gasteiger partial charge in [-0.15, -0.1) is 5.10 Å². The third-order valence-electron chi connectivity index (χ3n) is 8.67. The van der Waals surface area contributed by atoms with E-state index in [9.17, 15) is 9.59 Å². The Morgan fingerprint density at radius 2 is 1.83 bits per heavy atom. The molecule has 2 fully saturated rings. The van der Waals surface area contributed by atoms with E-state index in [0.717, 1.165) is 66.9 Å². The number of aromatic nitrogens is 5. The molecule has 1 amide bonds. The quantitative estimate of drug-likeness (QED) is 0.249. The zero-order chi connectivity index (χ0) is 29.4. The first kappa shape index (κ1) is 27.9. The molecular weight excluding hydrogens is 528 g/mol. The number of esters is 1. The Bertz CT molecular complexity index is 1620. The van der Waals surface area contributed by atoms with Crippen LogP contribution in [0.15, 0.2) is 54.7 Å². The molecule has 9 heteroatoms. The SMILES string of the molecule is CCC[C@@H]1CCCCN1C(=O)c1cccc(-c2cccc(-n3nc(C)c(C(=O)OC)c3C3CC3c3cn(C)nn3)c2)c1. The summed E-state index contributed by atoms with van der Waals surface area (Å²) in [5, 5.41) is 13.2. The first-order valence-corrected chi connectivity index (χ1v) is 15.0. The molecule has 1 aliphatic heterocycles. The lowest BCUT2D eigenvalue weighted by Crippen LogP contribution is -2.43. The predicted octanol–water partition coefficient (Wildman–Crippen LogP) is 5.83. The van der Waals surface area contributed by atoms with Crippen molar-refractivity contribution < 1.29 is 14.3 Å². The standard InChI is InChI=1S/C33H38N6O3/c1-5-10-25-14-6-7-16-38(25)32(40)24-13-8-11-22(17-24)23-12-9-15-26(18-23)39-31(30(21(2)35-39)33(41)42-4)28-19-27(28)29-20-37(3)36-34-29/h8-9,11-13,15,17-18,20,25,27-28H,5-7,10,14,16,19H2,1-4H3/t25-,27?,28?/m1/s1. The van der Waals surface area contributed by atoms with Crippen molar-refractivity contribution in [1.29, 1.82) is 0 Å². The number of amides is 1. The van der Waals surface area contributed by atoms with Gasteiger partial charge in [0, 0.05) is 43.2 Å². The average molecular weight is 567 g/mol. The summed E-state index contributed by atoms with van der Waals surface area (Å²) < 4.78 is 8.75. The Hall–Kier alpha value is -4.27. The van der Waals surface area contributed by atoms with Gasteiger partial charge < -0.3 is 9.64 Å². The summed E-state index contributed by atoms with van der Waals surface area (Å²) >= 11 is 0. The van der Waals surface area contributed by atoms with Crippen molar-refractivity contribution in [3.05, 3.63) is 82.9 Å². The zero-order valence-corrected chi connectivity index (χ0v) is 24.8. The molecule has 42 heavy (non-hydrogen) atoms. The Balaban J connectivity index is 1.34. The van der Waals surface area contributed by atoms with Crippen molar-refractivity contribution in [2.75, 3.05) is 13.7 Å². The summed E-state index contributed by atoms with van der Waals surface area (Å²) in [5.74, 6) is -0.0426. The van der Waals surface area contributed by atoms with Crippen LogP contribution in [0, 0.1) is 6.92 Å². The van der Waals surface area contributed by atoms with Crippen LogP contribution in [0.3, 0.4) is 0 Å². The van der Waals surface area contributed by atoms with E-state index in [4.69, 9.17) is 9.84 Å². The maximum atomic E-state index is 13.6. The minimum Gasteiger partial charge on any atom is -0.465 e. The van der Waals surface area contributed by atoms with Gasteiger partial charge in [0.1, 0.15) is 5.56 Å². The Morgan fingerprint density at radius 1 is 1.05 bits per heavy atom. The fourth-order valence-corrected chi connectivity index (χ4v) is 6.51. The van der Waals surface area contributed by atoms with Gasteiger partial charge in [-0.25, -0.2) is 9.48 Å². The molecule has 3 atom stereocenters. The van der Waals surface area contributed by atoms with Crippen molar-refractivity contribution in [3.8, 4) is 16.8 Å². The van der Waals surface area contributed by atoms with Gasteiger partial charge in [0.05, 0.1) is 29.9 Å². The van der Waals surface area contributed by atoms with E-state index >= 15 is 0 Å². The number of aryl methyl sites for hydroxylation is 2. The summed E-state index contributed by atoms with van der Waals surface area (Å²) in [4.78, 5) is 28.6. The van der Waals surface area contributed by atoms with Crippen LogP contribution >= 0.6 is 0 Å². The lowest BCUT2D eigenvalue weighted by Gasteiger charge is -2.36. The van der Waals surface area contributed by atoms with Gasteiger partial charge in [-0.3, -0.25) is 9.48 Å². The molecule has 2 aromatic heterocycles. The second-order valence-corrected chi connectivity index (χ2v) is 11.6. The predicted molar refractivity (Wildman–Crippen MR) is 160 cm³/mol. The number of carbonyl (C=O) groups is 2. The minimum atomic E-state index is -0.389. The number of rotatable bonds is 8. The molecule has 0 bridgehead atoms. The van der Waals surface area contributed by atoms with E-state index in [1.165, 1.54) is 13.5 Å². The third-order valence-corrected chi connectivity index (χ3v) is 8.67. The zero-order valence-electron chi connectivity index (χ0n) is 24.8. The number of benzene rings is 2. The fourth-order valence-electron chi connectivity index (χ4n) is 6.51. The molecule has 1 aliphatic carbocycles. The molecule has 1 saturated heterocycles. The highest BCUT2D eigenvalue weighted by Gasteiger charge is 2.46. The first-order valence-electron chi connectivity index (χ1n) is 15.0. The number of piperidine rings is 1. The second-order valence-electron chi connectivity index (χ2n) is 11.6. The summed E-state index contributed by atoms with van der Waals surface area (Å²) in [6, 6.07) is 16.3. The Labute approximate surface area is 246 Å². The molecule has 9 nitrogen and oxygen atoms in total. The van der Waals surface area contributed by atoms with Crippen molar-refractivity contribution in [1.82, 2.24) is 29.7 Å². The van der Waals surface area contributed by atoms with E-state index in [2.05, 4.69) is 28.2 Å². The number of hydrogen-bond donors (Lipinski definition) is 0. The molecule has 6 rings (SSSR count). The molecular formula is C33H38N6O3. The minimum absolute atomic E-state index is 0.0715. The van der Waals surface area contributed by atoms with Crippen LogP contribution in [-0.4, -0.2) is 61.2 Å². The smallest absolute Gasteiger partial charge is 0.341 e. The van der Waals surface area contributed by atoms with E-state index in [-0.39, 0.29) is 23.7 Å². The lowest BCUT2D eigenvalue weighted by molar-refractivity contribution is 0.0591. The molecule has 0 radical (unpaired) electrons. The van der Waals surface area contributed by atoms with Gasteiger partial charge in [-0.2, -0.15) is 5.10 Å². The average Bonchev–Trinajstić information content (AvgIpc) is 3.56. The molecule has 3 heterocycles. The summed E-state index contributed by atoms with van der Waals surface area (Å²) in [6.45, 7) is 4.85. The van der Waals surface area contributed by atoms with Gasteiger partial charge in [0.15, 0.2) is 0 Å². The van der Waals surface area contributed by atoms with Crippen LogP contribution in [0.2, 0.25) is 0 Å². The van der Waals surface area contributed by atoms with E-state index in [0.29, 0.717) is 22.9 Å². The van der Waals surface area contributed by atoms with Crippen molar-refractivity contribution in [3.63, 3.8) is 0 Å². The number of ether oxygens (including phenoxy) is 1. The van der Waals surface area contributed by atoms with Crippen molar-refractivity contribution in [2.45, 2.75) is 70.3 Å². The topological polar surface area (TPSA) is 95.1 Å². The van der Waals surface area contributed by atoms with Crippen LogP contribution in [0.1, 0.15) is 95.1 Å². The van der Waals surface area contributed by atoms with Crippen molar-refractivity contribution in [2.24, 2.45) is 7.05 Å². The molecule has 1 saturated carbocycles. The van der Waals surface area contributed by atoms with E-state index in [1.54, 1.807) is 4.68 Å². The highest BCUT2D eigenvalue weighted by molar-refractivity contribution is 5.96. The molecule has 2 aromatic carbocycles. The number of methoxy groups -OCH3 is 1. The molecule has 0 spiro atoms. The normalized spacial score (nSPS) is 20.0. The highest BCUT2D eigenvalue weighted by atomic mass is 16.5. The van der Waals surface area contributed by atoms with Crippen molar-refractivity contribution >= 4 is 11.9 Å². The molecule has 218 valence electrons. The summed E-state index contributed by atoms with van der Waals surface area (Å²) in [5.41, 5.74) is 6.39. The van der Waals surface area contributed by atoms with Gasteiger partial charge >= 0.3 is 5.97 Å². The molecule has 0 N–H and O–H groups in total.